The number of methoxy groups -OCH3 is 1. The van der Waals surface area contributed by atoms with Gasteiger partial charge in [0.1, 0.15) is 5.82 Å². The van der Waals surface area contributed by atoms with Crippen LogP contribution in [0.3, 0.4) is 0 Å². The summed E-state index contributed by atoms with van der Waals surface area (Å²) >= 11 is 2.23. The molecular weight excluding hydrogens is 381 g/mol. The van der Waals surface area contributed by atoms with E-state index in [0.29, 0.717) is 5.88 Å². The van der Waals surface area contributed by atoms with Gasteiger partial charge in [-0.15, -0.1) is 0 Å². The molecular formula is C14H16IN5O. The molecule has 0 bridgehead atoms. The summed E-state index contributed by atoms with van der Waals surface area (Å²) in [4.78, 5) is 15.4. The van der Waals surface area contributed by atoms with E-state index in [2.05, 4.69) is 47.8 Å². The molecule has 0 spiro atoms. The van der Waals surface area contributed by atoms with Gasteiger partial charge in [0, 0.05) is 25.4 Å². The van der Waals surface area contributed by atoms with Gasteiger partial charge in [0.05, 0.1) is 22.6 Å². The number of pyridine rings is 1. The molecule has 6 nitrogen and oxygen atoms in total. The van der Waals surface area contributed by atoms with E-state index in [-0.39, 0.29) is 0 Å². The summed E-state index contributed by atoms with van der Waals surface area (Å²) in [7, 11) is 1.60. The van der Waals surface area contributed by atoms with Gasteiger partial charge in [0.25, 0.3) is 0 Å². The highest BCUT2D eigenvalue weighted by Crippen LogP contribution is 2.24. The fraction of sp³-hybridized carbons (Fsp3) is 0.357. The highest BCUT2D eigenvalue weighted by molar-refractivity contribution is 14.1. The molecule has 1 N–H and O–H groups in total. The SMILES string of the molecule is COc1ccc(Nc2nc(N3CCCC3)ncc2I)cn1. The zero-order valence-electron chi connectivity index (χ0n) is 11.7. The fourth-order valence-electron chi connectivity index (χ4n) is 2.23. The lowest BCUT2D eigenvalue weighted by atomic mass is 10.4. The van der Waals surface area contributed by atoms with Crippen LogP contribution in [-0.4, -0.2) is 35.2 Å². The number of anilines is 3. The number of nitrogens with zero attached hydrogens (tertiary/aromatic N) is 4. The Morgan fingerprint density at radius 2 is 2.00 bits per heavy atom. The van der Waals surface area contributed by atoms with Crippen LogP contribution in [0.4, 0.5) is 17.5 Å². The number of hydrogen-bond acceptors (Lipinski definition) is 6. The molecule has 1 aliphatic heterocycles. The van der Waals surface area contributed by atoms with Gasteiger partial charge in [0.15, 0.2) is 0 Å². The van der Waals surface area contributed by atoms with Crippen LogP contribution in [0.25, 0.3) is 0 Å². The lowest BCUT2D eigenvalue weighted by Crippen LogP contribution is -2.20. The molecule has 7 heteroatoms. The van der Waals surface area contributed by atoms with Crippen molar-refractivity contribution in [3.63, 3.8) is 0 Å². The predicted molar refractivity (Wildman–Crippen MR) is 90.3 cm³/mol. The molecule has 1 fully saturated rings. The van der Waals surface area contributed by atoms with E-state index >= 15 is 0 Å². The first-order valence-corrected chi connectivity index (χ1v) is 7.89. The molecule has 3 rings (SSSR count). The summed E-state index contributed by atoms with van der Waals surface area (Å²) < 4.78 is 6.04. The Labute approximate surface area is 137 Å². The normalized spacial score (nSPS) is 14.3. The Bertz CT molecular complexity index is 613. The standard InChI is InChI=1S/C14H16IN5O/c1-21-12-5-4-10(8-16-12)18-13-11(15)9-17-14(19-13)20-6-2-3-7-20/h4-5,8-9H,2-3,6-7H2,1H3,(H,17,18,19). The van der Waals surface area contributed by atoms with Crippen LogP contribution in [0.5, 0.6) is 5.88 Å². The molecule has 3 heterocycles. The number of rotatable bonds is 4. The average Bonchev–Trinajstić information content (AvgIpc) is 3.04. The molecule has 1 aliphatic rings. The second-order valence-corrected chi connectivity index (χ2v) is 5.94. The third-order valence-corrected chi connectivity index (χ3v) is 4.12. The van der Waals surface area contributed by atoms with E-state index in [4.69, 9.17) is 4.74 Å². The van der Waals surface area contributed by atoms with Gasteiger partial charge in [0.2, 0.25) is 11.8 Å². The molecule has 21 heavy (non-hydrogen) atoms. The van der Waals surface area contributed by atoms with Crippen LogP contribution in [0, 0.1) is 3.57 Å². The van der Waals surface area contributed by atoms with Crippen LogP contribution in [0.15, 0.2) is 24.5 Å². The van der Waals surface area contributed by atoms with Crippen molar-refractivity contribution in [2.45, 2.75) is 12.8 Å². The molecule has 0 atom stereocenters. The van der Waals surface area contributed by atoms with Crippen LogP contribution in [0.1, 0.15) is 12.8 Å². The quantitative estimate of drug-likeness (QED) is 0.801. The van der Waals surface area contributed by atoms with Gasteiger partial charge in [-0.2, -0.15) is 4.98 Å². The fourth-order valence-corrected chi connectivity index (χ4v) is 2.62. The Balaban J connectivity index is 1.81. The van der Waals surface area contributed by atoms with Crippen molar-refractivity contribution in [3.8, 4) is 5.88 Å². The van der Waals surface area contributed by atoms with Crippen molar-refractivity contribution < 1.29 is 4.74 Å². The first-order valence-electron chi connectivity index (χ1n) is 6.81. The zero-order chi connectivity index (χ0) is 14.7. The number of aromatic nitrogens is 3. The number of ether oxygens (including phenoxy) is 1. The second-order valence-electron chi connectivity index (χ2n) is 4.77. The van der Waals surface area contributed by atoms with Crippen LogP contribution in [0.2, 0.25) is 0 Å². The van der Waals surface area contributed by atoms with Gasteiger partial charge in [-0.1, -0.05) is 0 Å². The second kappa shape index (κ2) is 6.42. The van der Waals surface area contributed by atoms with E-state index in [1.54, 1.807) is 13.3 Å². The van der Waals surface area contributed by atoms with Gasteiger partial charge >= 0.3 is 0 Å². The van der Waals surface area contributed by atoms with Crippen molar-refractivity contribution in [2.24, 2.45) is 0 Å². The average molecular weight is 397 g/mol. The summed E-state index contributed by atoms with van der Waals surface area (Å²) in [6.45, 7) is 2.06. The maximum absolute atomic E-state index is 5.06. The van der Waals surface area contributed by atoms with Crippen molar-refractivity contribution in [2.75, 3.05) is 30.4 Å². The molecule has 0 aliphatic carbocycles. The highest BCUT2D eigenvalue weighted by atomic mass is 127. The van der Waals surface area contributed by atoms with Crippen molar-refractivity contribution >= 4 is 40.0 Å². The molecule has 0 unspecified atom stereocenters. The van der Waals surface area contributed by atoms with Crippen molar-refractivity contribution in [3.05, 3.63) is 28.1 Å². The van der Waals surface area contributed by atoms with E-state index in [1.807, 2.05) is 18.3 Å². The Hall–Kier alpha value is -1.64. The van der Waals surface area contributed by atoms with Crippen molar-refractivity contribution in [1.82, 2.24) is 15.0 Å². The number of halogens is 1. The first-order chi connectivity index (χ1) is 10.3. The minimum Gasteiger partial charge on any atom is -0.481 e. The molecule has 2 aromatic rings. The molecule has 2 aromatic heterocycles. The Morgan fingerprint density at radius 3 is 2.67 bits per heavy atom. The smallest absolute Gasteiger partial charge is 0.227 e. The maximum Gasteiger partial charge on any atom is 0.227 e. The minimum absolute atomic E-state index is 0.593. The van der Waals surface area contributed by atoms with Gasteiger partial charge in [-0.25, -0.2) is 9.97 Å². The summed E-state index contributed by atoms with van der Waals surface area (Å²) in [6.07, 6.45) is 5.99. The van der Waals surface area contributed by atoms with Crippen molar-refractivity contribution in [1.29, 1.82) is 0 Å². The third kappa shape index (κ3) is 3.34. The van der Waals surface area contributed by atoms with E-state index in [0.717, 1.165) is 34.1 Å². The Morgan fingerprint density at radius 1 is 1.19 bits per heavy atom. The zero-order valence-corrected chi connectivity index (χ0v) is 13.9. The third-order valence-electron chi connectivity index (χ3n) is 3.33. The summed E-state index contributed by atoms with van der Waals surface area (Å²) in [5, 5.41) is 3.28. The summed E-state index contributed by atoms with van der Waals surface area (Å²) in [5.41, 5.74) is 0.875. The maximum atomic E-state index is 5.06. The lowest BCUT2D eigenvalue weighted by Gasteiger charge is -2.16. The first kappa shape index (κ1) is 14.3. The lowest BCUT2D eigenvalue weighted by molar-refractivity contribution is 0.398. The topological polar surface area (TPSA) is 63.2 Å². The molecule has 0 aromatic carbocycles. The largest absolute Gasteiger partial charge is 0.481 e. The molecule has 0 saturated carbocycles. The van der Waals surface area contributed by atoms with E-state index in [1.165, 1.54) is 12.8 Å². The van der Waals surface area contributed by atoms with E-state index in [9.17, 15) is 0 Å². The molecule has 110 valence electrons. The van der Waals surface area contributed by atoms with Crippen LogP contribution < -0.4 is 15.0 Å². The van der Waals surface area contributed by atoms with Crippen LogP contribution in [-0.2, 0) is 0 Å². The number of nitrogens with one attached hydrogen (secondary N) is 1. The highest BCUT2D eigenvalue weighted by Gasteiger charge is 2.16. The summed E-state index contributed by atoms with van der Waals surface area (Å²) in [5.74, 6) is 2.19. The number of hydrogen-bond donors (Lipinski definition) is 1. The predicted octanol–water partition coefficient (Wildman–Crippen LogP) is 2.83. The van der Waals surface area contributed by atoms with Gasteiger partial charge in [-0.3, -0.25) is 0 Å². The molecule has 0 radical (unpaired) electrons. The minimum atomic E-state index is 0.593. The van der Waals surface area contributed by atoms with Crippen LogP contribution >= 0.6 is 22.6 Å². The van der Waals surface area contributed by atoms with Gasteiger partial charge in [-0.05, 0) is 41.5 Å². The molecule has 0 amide bonds. The van der Waals surface area contributed by atoms with E-state index < -0.39 is 0 Å². The monoisotopic (exact) mass is 397 g/mol. The molecule has 1 saturated heterocycles. The van der Waals surface area contributed by atoms with Gasteiger partial charge < -0.3 is 15.0 Å². The Kier molecular flexibility index (Phi) is 4.37. The summed E-state index contributed by atoms with van der Waals surface area (Å²) in [6, 6.07) is 3.73.